The average molecular weight is 276 g/mol. The molecule has 3 rings (SSSR count). The van der Waals surface area contributed by atoms with Gasteiger partial charge >= 0.3 is 0 Å². The van der Waals surface area contributed by atoms with E-state index in [4.69, 9.17) is 16.0 Å². The van der Waals surface area contributed by atoms with Crippen LogP contribution in [-0.2, 0) is 7.05 Å². The number of nitrogens with zero attached hydrogens (tertiary/aromatic N) is 2. The number of halogens is 1. The van der Waals surface area contributed by atoms with Crippen LogP contribution in [0.1, 0.15) is 17.5 Å². The second-order valence-corrected chi connectivity index (χ2v) is 4.87. The maximum absolute atomic E-state index is 6.14. The van der Waals surface area contributed by atoms with Gasteiger partial charge in [0.2, 0.25) is 0 Å². The second kappa shape index (κ2) is 4.72. The lowest BCUT2D eigenvalue weighted by Gasteiger charge is -2.13. The molecule has 2 aromatic heterocycles. The van der Waals surface area contributed by atoms with E-state index in [-0.39, 0.29) is 6.04 Å². The third kappa shape index (κ3) is 2.03. The van der Waals surface area contributed by atoms with Crippen LogP contribution in [0.5, 0.6) is 0 Å². The van der Waals surface area contributed by atoms with Gasteiger partial charge in [0.15, 0.2) is 5.58 Å². The summed E-state index contributed by atoms with van der Waals surface area (Å²) in [4.78, 5) is 4.14. The standard InChI is InChI=1S/C14H14ClN3O/c1-16-13(11-7-17-8-18(11)2)12-6-9-4-3-5-10(15)14(9)19-12/h3-8,13,16H,1-2H3. The van der Waals surface area contributed by atoms with Gasteiger partial charge in [0.25, 0.3) is 0 Å². The highest BCUT2D eigenvalue weighted by Crippen LogP contribution is 2.31. The first-order chi connectivity index (χ1) is 9.20. The van der Waals surface area contributed by atoms with Crippen LogP contribution in [0.3, 0.4) is 0 Å². The van der Waals surface area contributed by atoms with Crippen molar-refractivity contribution in [1.82, 2.24) is 14.9 Å². The Morgan fingerprint density at radius 3 is 2.89 bits per heavy atom. The van der Waals surface area contributed by atoms with E-state index in [0.717, 1.165) is 22.4 Å². The van der Waals surface area contributed by atoms with Crippen LogP contribution in [0.25, 0.3) is 11.0 Å². The number of furan rings is 1. The number of para-hydroxylation sites is 1. The number of hydrogen-bond donors (Lipinski definition) is 1. The fraction of sp³-hybridized carbons (Fsp3) is 0.214. The lowest BCUT2D eigenvalue weighted by molar-refractivity contribution is 0.479. The molecule has 98 valence electrons. The molecule has 0 spiro atoms. The molecule has 1 aromatic carbocycles. The molecule has 4 nitrogen and oxygen atoms in total. The molecule has 0 saturated heterocycles. The maximum Gasteiger partial charge on any atom is 0.152 e. The Hall–Kier alpha value is -1.78. The molecule has 3 aromatic rings. The van der Waals surface area contributed by atoms with Crippen molar-refractivity contribution >= 4 is 22.6 Å². The molecule has 1 unspecified atom stereocenters. The average Bonchev–Trinajstić information content (AvgIpc) is 2.99. The molecule has 0 aliphatic carbocycles. The maximum atomic E-state index is 6.14. The summed E-state index contributed by atoms with van der Waals surface area (Å²) >= 11 is 6.14. The van der Waals surface area contributed by atoms with E-state index in [9.17, 15) is 0 Å². The highest BCUT2D eigenvalue weighted by Gasteiger charge is 2.20. The Morgan fingerprint density at radius 2 is 2.26 bits per heavy atom. The summed E-state index contributed by atoms with van der Waals surface area (Å²) in [6.45, 7) is 0. The van der Waals surface area contributed by atoms with E-state index < -0.39 is 0 Å². The lowest BCUT2D eigenvalue weighted by atomic mass is 10.1. The van der Waals surface area contributed by atoms with Gasteiger partial charge in [0.05, 0.1) is 23.2 Å². The summed E-state index contributed by atoms with van der Waals surface area (Å²) in [5.41, 5.74) is 1.76. The third-order valence-electron chi connectivity index (χ3n) is 3.24. The zero-order chi connectivity index (χ0) is 13.4. The Labute approximate surface area is 116 Å². The van der Waals surface area contributed by atoms with Crippen molar-refractivity contribution in [3.63, 3.8) is 0 Å². The number of imidazole rings is 1. The molecule has 0 fully saturated rings. The minimum Gasteiger partial charge on any atom is -0.457 e. The number of hydrogen-bond acceptors (Lipinski definition) is 3. The van der Waals surface area contributed by atoms with Crippen molar-refractivity contribution in [3.8, 4) is 0 Å². The summed E-state index contributed by atoms with van der Waals surface area (Å²) < 4.78 is 7.86. The number of fused-ring (bicyclic) bond motifs is 1. The third-order valence-corrected chi connectivity index (χ3v) is 3.54. The van der Waals surface area contributed by atoms with E-state index >= 15 is 0 Å². The molecule has 0 bridgehead atoms. The molecule has 2 heterocycles. The molecule has 1 N–H and O–H groups in total. The molecule has 1 atom stereocenters. The number of aromatic nitrogens is 2. The van der Waals surface area contributed by atoms with E-state index in [1.807, 2.05) is 49.1 Å². The van der Waals surface area contributed by atoms with Crippen molar-refractivity contribution < 1.29 is 4.42 Å². The van der Waals surface area contributed by atoms with Gasteiger partial charge in [-0.25, -0.2) is 4.98 Å². The van der Waals surface area contributed by atoms with Gasteiger partial charge in [-0.05, 0) is 19.2 Å². The largest absolute Gasteiger partial charge is 0.457 e. The van der Waals surface area contributed by atoms with Crippen LogP contribution >= 0.6 is 11.6 Å². The normalized spacial score (nSPS) is 13.0. The van der Waals surface area contributed by atoms with E-state index in [1.54, 1.807) is 6.33 Å². The molecule has 0 aliphatic heterocycles. The fourth-order valence-corrected chi connectivity index (χ4v) is 2.49. The van der Waals surface area contributed by atoms with E-state index in [2.05, 4.69) is 10.3 Å². The Kier molecular flexibility index (Phi) is 3.05. The molecular weight excluding hydrogens is 262 g/mol. The molecular formula is C14H14ClN3O. The molecule has 5 heteroatoms. The Morgan fingerprint density at radius 1 is 1.42 bits per heavy atom. The number of benzene rings is 1. The Bertz CT molecular complexity index is 716. The van der Waals surface area contributed by atoms with Crippen LogP contribution < -0.4 is 5.32 Å². The minimum absolute atomic E-state index is 0.0454. The van der Waals surface area contributed by atoms with Crippen LogP contribution in [0.15, 0.2) is 41.2 Å². The lowest BCUT2D eigenvalue weighted by Crippen LogP contribution is -2.19. The monoisotopic (exact) mass is 275 g/mol. The van der Waals surface area contributed by atoms with Crippen molar-refractivity contribution in [3.05, 3.63) is 53.3 Å². The smallest absolute Gasteiger partial charge is 0.152 e. The first kappa shape index (κ1) is 12.3. The van der Waals surface area contributed by atoms with E-state index in [1.165, 1.54) is 0 Å². The molecule has 0 radical (unpaired) electrons. The zero-order valence-corrected chi connectivity index (χ0v) is 11.5. The highest BCUT2D eigenvalue weighted by atomic mass is 35.5. The molecule has 0 saturated carbocycles. The first-order valence-corrected chi connectivity index (χ1v) is 6.40. The molecule has 0 amide bonds. The van der Waals surface area contributed by atoms with Crippen LogP contribution in [0.2, 0.25) is 5.02 Å². The van der Waals surface area contributed by atoms with Gasteiger partial charge in [-0.3, -0.25) is 0 Å². The minimum atomic E-state index is -0.0454. The predicted octanol–water partition coefficient (Wildman–Crippen LogP) is 3.13. The predicted molar refractivity (Wildman–Crippen MR) is 75.3 cm³/mol. The number of nitrogens with one attached hydrogen (secondary N) is 1. The summed E-state index contributed by atoms with van der Waals surface area (Å²) in [7, 11) is 3.86. The van der Waals surface area contributed by atoms with Gasteiger partial charge in [0.1, 0.15) is 11.8 Å². The molecule has 0 aliphatic rings. The molecule has 19 heavy (non-hydrogen) atoms. The van der Waals surface area contributed by atoms with Gasteiger partial charge in [-0.2, -0.15) is 0 Å². The van der Waals surface area contributed by atoms with Gasteiger partial charge in [0, 0.05) is 12.4 Å². The van der Waals surface area contributed by atoms with Crippen molar-refractivity contribution in [1.29, 1.82) is 0 Å². The van der Waals surface area contributed by atoms with Crippen LogP contribution in [0.4, 0.5) is 0 Å². The number of aryl methyl sites for hydroxylation is 1. The topological polar surface area (TPSA) is 43.0 Å². The fourth-order valence-electron chi connectivity index (χ4n) is 2.27. The first-order valence-electron chi connectivity index (χ1n) is 6.02. The second-order valence-electron chi connectivity index (χ2n) is 4.46. The van der Waals surface area contributed by atoms with Gasteiger partial charge in [-0.15, -0.1) is 0 Å². The van der Waals surface area contributed by atoms with E-state index in [0.29, 0.717) is 5.02 Å². The number of rotatable bonds is 3. The summed E-state index contributed by atoms with van der Waals surface area (Å²) in [5, 5.41) is 4.88. The summed E-state index contributed by atoms with van der Waals surface area (Å²) in [6, 6.07) is 7.70. The van der Waals surface area contributed by atoms with Crippen LogP contribution in [-0.4, -0.2) is 16.6 Å². The van der Waals surface area contributed by atoms with Crippen molar-refractivity contribution in [2.24, 2.45) is 7.05 Å². The zero-order valence-electron chi connectivity index (χ0n) is 10.7. The van der Waals surface area contributed by atoms with Crippen molar-refractivity contribution in [2.45, 2.75) is 6.04 Å². The quantitative estimate of drug-likeness (QED) is 0.799. The summed E-state index contributed by atoms with van der Waals surface area (Å²) in [5.74, 6) is 0.828. The van der Waals surface area contributed by atoms with Crippen LogP contribution in [0, 0.1) is 0 Å². The summed E-state index contributed by atoms with van der Waals surface area (Å²) in [6.07, 6.45) is 3.60. The van der Waals surface area contributed by atoms with Crippen molar-refractivity contribution in [2.75, 3.05) is 7.05 Å². The van der Waals surface area contributed by atoms with Gasteiger partial charge in [-0.1, -0.05) is 23.7 Å². The SMILES string of the molecule is CNC(c1cc2cccc(Cl)c2o1)c1cncn1C. The Balaban J connectivity index is 2.12. The van der Waals surface area contributed by atoms with Gasteiger partial charge < -0.3 is 14.3 Å². The highest BCUT2D eigenvalue weighted by molar-refractivity contribution is 6.34.